The maximum atomic E-state index is 12.2. The van der Waals surface area contributed by atoms with Gasteiger partial charge in [-0.3, -0.25) is 38.8 Å². The van der Waals surface area contributed by atoms with E-state index >= 15 is 0 Å². The number of carboxylic acids is 4. The Morgan fingerprint density at radius 3 is 1.29 bits per heavy atom. The van der Waals surface area contributed by atoms with Crippen molar-refractivity contribution in [1.29, 1.82) is 0 Å². The second-order valence-corrected chi connectivity index (χ2v) is 10.4. The van der Waals surface area contributed by atoms with Crippen LogP contribution in [-0.2, 0) is 19.2 Å². The van der Waals surface area contributed by atoms with Gasteiger partial charge in [0.1, 0.15) is 6.04 Å². The van der Waals surface area contributed by atoms with Crippen molar-refractivity contribution >= 4 is 23.9 Å². The highest BCUT2D eigenvalue weighted by atomic mass is 16.4. The lowest BCUT2D eigenvalue weighted by molar-refractivity contribution is -0.145. The van der Waals surface area contributed by atoms with Crippen molar-refractivity contribution in [3.63, 3.8) is 0 Å². The smallest absolute Gasteiger partial charge is 0.320 e. The van der Waals surface area contributed by atoms with E-state index < -0.39 is 29.9 Å². The summed E-state index contributed by atoms with van der Waals surface area (Å²) in [5, 5.41) is 37.8. The maximum Gasteiger partial charge on any atom is 0.320 e. The fourth-order valence-corrected chi connectivity index (χ4v) is 4.20. The van der Waals surface area contributed by atoms with E-state index in [1.807, 2.05) is 4.90 Å². The molecule has 202 valence electrons. The predicted molar refractivity (Wildman–Crippen MR) is 129 cm³/mol. The summed E-state index contributed by atoms with van der Waals surface area (Å²) >= 11 is 0. The van der Waals surface area contributed by atoms with Gasteiger partial charge in [0.15, 0.2) is 0 Å². The molecule has 1 aliphatic rings. The van der Waals surface area contributed by atoms with Crippen LogP contribution in [0.4, 0.5) is 0 Å². The minimum Gasteiger partial charge on any atom is -0.480 e. The largest absolute Gasteiger partial charge is 0.480 e. The molecule has 12 nitrogen and oxygen atoms in total. The Bertz CT molecular complexity index is 680. The summed E-state index contributed by atoms with van der Waals surface area (Å²) in [7, 11) is 0. The lowest BCUT2D eigenvalue weighted by Crippen LogP contribution is -2.51. The summed E-state index contributed by atoms with van der Waals surface area (Å²) < 4.78 is 0. The molecule has 0 aliphatic carbocycles. The Labute approximate surface area is 207 Å². The number of nitrogens with zero attached hydrogens (tertiary/aromatic N) is 4. The third-order valence-electron chi connectivity index (χ3n) is 6.08. The van der Waals surface area contributed by atoms with Crippen molar-refractivity contribution in [1.82, 2.24) is 19.6 Å². The first-order valence-electron chi connectivity index (χ1n) is 12.1. The molecule has 1 heterocycles. The van der Waals surface area contributed by atoms with E-state index in [4.69, 9.17) is 0 Å². The molecular formula is C23H42N4O8. The fourth-order valence-electron chi connectivity index (χ4n) is 4.20. The maximum absolute atomic E-state index is 12.2. The third kappa shape index (κ3) is 14.0. The summed E-state index contributed by atoms with van der Waals surface area (Å²) in [5.41, 5.74) is 0.0727. The molecule has 0 bridgehead atoms. The topological polar surface area (TPSA) is 162 Å². The highest BCUT2D eigenvalue weighted by Crippen LogP contribution is 2.23. The number of carbonyl (C=O) groups is 4. The summed E-state index contributed by atoms with van der Waals surface area (Å²) in [6.45, 7) is 8.00. The zero-order valence-electron chi connectivity index (χ0n) is 21.2. The lowest BCUT2D eigenvalue weighted by Gasteiger charge is -2.35. The highest BCUT2D eigenvalue weighted by molar-refractivity contribution is 5.73. The number of carboxylic acid groups (broad SMARTS) is 4. The molecule has 35 heavy (non-hydrogen) atoms. The van der Waals surface area contributed by atoms with E-state index in [0.29, 0.717) is 58.8 Å². The lowest BCUT2D eigenvalue weighted by atomic mass is 9.89. The normalized spacial score (nSPS) is 19.4. The average molecular weight is 503 g/mol. The molecule has 0 radical (unpaired) electrons. The predicted octanol–water partition coefficient (Wildman–Crippen LogP) is 0.131. The van der Waals surface area contributed by atoms with Crippen molar-refractivity contribution in [2.75, 3.05) is 72.0 Å². The molecule has 1 fully saturated rings. The van der Waals surface area contributed by atoms with Gasteiger partial charge in [-0.15, -0.1) is 0 Å². The van der Waals surface area contributed by atoms with Gasteiger partial charge in [-0.05, 0) is 18.3 Å². The summed E-state index contributed by atoms with van der Waals surface area (Å²) in [5.74, 6) is -3.99. The van der Waals surface area contributed by atoms with E-state index in [1.54, 1.807) is 14.7 Å². The fraction of sp³-hybridized carbons (Fsp3) is 0.826. The minimum atomic E-state index is -1.02. The SMILES string of the molecule is CC(C)(C)CCCC(C(=O)O)N1CCN(CC(=O)O)CCN(CC(=O)O)CCN(CC(=O)O)CC1. The Morgan fingerprint density at radius 2 is 1.00 bits per heavy atom. The number of rotatable bonds is 11. The van der Waals surface area contributed by atoms with E-state index in [9.17, 15) is 39.6 Å². The monoisotopic (exact) mass is 502 g/mol. The van der Waals surface area contributed by atoms with Gasteiger partial charge in [-0.2, -0.15) is 0 Å². The second kappa shape index (κ2) is 15.0. The quantitative estimate of drug-likeness (QED) is 0.303. The molecule has 1 aliphatic heterocycles. The standard InChI is InChI=1S/C23H42N4O8/c1-23(2,3)6-4-5-18(22(34)35)27-13-11-25(16-20(30)31)9-7-24(15-19(28)29)8-10-26(12-14-27)17-21(32)33/h18H,4-17H2,1-3H3,(H,28,29)(H,30,31)(H,32,33)(H,34,35). The second-order valence-electron chi connectivity index (χ2n) is 10.4. The zero-order chi connectivity index (χ0) is 26.6. The van der Waals surface area contributed by atoms with E-state index in [2.05, 4.69) is 20.8 Å². The molecule has 0 aromatic rings. The number of hydrogen-bond donors (Lipinski definition) is 4. The average Bonchev–Trinajstić information content (AvgIpc) is 2.69. The van der Waals surface area contributed by atoms with E-state index in [-0.39, 0.29) is 25.0 Å². The molecule has 0 spiro atoms. The molecule has 1 atom stereocenters. The van der Waals surface area contributed by atoms with Crippen molar-refractivity contribution in [2.24, 2.45) is 5.41 Å². The van der Waals surface area contributed by atoms with Gasteiger partial charge in [-0.1, -0.05) is 27.2 Å². The first-order valence-corrected chi connectivity index (χ1v) is 12.1. The van der Waals surface area contributed by atoms with Crippen LogP contribution in [0.25, 0.3) is 0 Å². The van der Waals surface area contributed by atoms with Gasteiger partial charge in [0.2, 0.25) is 0 Å². The molecular weight excluding hydrogens is 460 g/mol. The minimum absolute atomic E-state index is 0.0727. The molecule has 1 rings (SSSR count). The van der Waals surface area contributed by atoms with E-state index in [1.165, 1.54) is 0 Å². The Morgan fingerprint density at radius 1 is 0.657 bits per heavy atom. The van der Waals surface area contributed by atoms with Gasteiger partial charge >= 0.3 is 23.9 Å². The van der Waals surface area contributed by atoms with Crippen LogP contribution in [0.5, 0.6) is 0 Å². The van der Waals surface area contributed by atoms with Gasteiger partial charge in [0.25, 0.3) is 0 Å². The number of aliphatic carboxylic acids is 4. The van der Waals surface area contributed by atoms with Crippen LogP contribution in [-0.4, -0.2) is 142 Å². The van der Waals surface area contributed by atoms with Crippen LogP contribution in [0.1, 0.15) is 40.0 Å². The third-order valence-corrected chi connectivity index (χ3v) is 6.08. The van der Waals surface area contributed by atoms with Crippen LogP contribution in [0.15, 0.2) is 0 Å². The van der Waals surface area contributed by atoms with Crippen molar-refractivity contribution in [3.05, 3.63) is 0 Å². The Kier molecular flexibility index (Phi) is 13.2. The van der Waals surface area contributed by atoms with Gasteiger partial charge < -0.3 is 20.4 Å². The summed E-state index contributed by atoms with van der Waals surface area (Å²) in [6, 6.07) is -0.762. The molecule has 12 heteroatoms. The summed E-state index contributed by atoms with van der Waals surface area (Å²) in [4.78, 5) is 53.1. The molecule has 1 unspecified atom stereocenters. The van der Waals surface area contributed by atoms with Gasteiger partial charge in [-0.25, -0.2) is 0 Å². The van der Waals surface area contributed by atoms with Crippen molar-refractivity contribution < 1.29 is 39.6 Å². The van der Waals surface area contributed by atoms with Crippen LogP contribution in [0.3, 0.4) is 0 Å². The van der Waals surface area contributed by atoms with Crippen LogP contribution in [0, 0.1) is 5.41 Å². The van der Waals surface area contributed by atoms with Gasteiger partial charge in [0.05, 0.1) is 19.6 Å². The molecule has 0 saturated carbocycles. The molecule has 0 aromatic carbocycles. The molecule has 1 saturated heterocycles. The highest BCUT2D eigenvalue weighted by Gasteiger charge is 2.28. The van der Waals surface area contributed by atoms with E-state index in [0.717, 1.165) is 12.8 Å². The molecule has 0 aromatic heterocycles. The van der Waals surface area contributed by atoms with Crippen LogP contribution >= 0.6 is 0 Å². The van der Waals surface area contributed by atoms with Crippen molar-refractivity contribution in [2.45, 2.75) is 46.1 Å². The van der Waals surface area contributed by atoms with Crippen LogP contribution < -0.4 is 0 Å². The first-order chi connectivity index (χ1) is 16.3. The van der Waals surface area contributed by atoms with Crippen molar-refractivity contribution in [3.8, 4) is 0 Å². The molecule has 4 N–H and O–H groups in total. The Balaban J connectivity index is 3.09. The van der Waals surface area contributed by atoms with Gasteiger partial charge in [0, 0.05) is 52.4 Å². The first kappa shape index (κ1) is 30.8. The number of hydrogen-bond acceptors (Lipinski definition) is 8. The van der Waals surface area contributed by atoms with Crippen LogP contribution in [0.2, 0.25) is 0 Å². The zero-order valence-corrected chi connectivity index (χ0v) is 21.2. The Hall–Kier alpha value is -2.28. The molecule has 0 amide bonds. The summed E-state index contributed by atoms with van der Waals surface area (Å²) in [6.07, 6.45) is 2.02.